The van der Waals surface area contributed by atoms with E-state index in [-0.39, 0.29) is 24.0 Å². The van der Waals surface area contributed by atoms with Crippen LogP contribution < -0.4 is 10.6 Å². The highest BCUT2D eigenvalue weighted by atomic mass is 19.4. The molecule has 1 aromatic rings. The number of anilines is 2. The summed E-state index contributed by atoms with van der Waals surface area (Å²) < 4.78 is 42.7. The van der Waals surface area contributed by atoms with E-state index < -0.39 is 17.8 Å². The van der Waals surface area contributed by atoms with Crippen LogP contribution in [-0.2, 0) is 10.9 Å². The van der Waals surface area contributed by atoms with Crippen LogP contribution in [0.3, 0.4) is 0 Å². The number of nitrogen functional groups attached to an aromatic ring is 1. The van der Waals surface area contributed by atoms with Gasteiger partial charge in [-0.25, -0.2) is 4.79 Å². The summed E-state index contributed by atoms with van der Waals surface area (Å²) in [6.45, 7) is 1.87. The minimum absolute atomic E-state index is 0.0489. The van der Waals surface area contributed by atoms with Crippen molar-refractivity contribution in [1.29, 1.82) is 0 Å². The van der Waals surface area contributed by atoms with Gasteiger partial charge in [0.1, 0.15) is 6.10 Å². The summed E-state index contributed by atoms with van der Waals surface area (Å²) in [7, 11) is 0. The van der Waals surface area contributed by atoms with Gasteiger partial charge < -0.3 is 10.5 Å². The fraction of sp³-hybridized carbons (Fsp3) is 0.364. The zero-order chi connectivity index (χ0) is 13.5. The van der Waals surface area contributed by atoms with Crippen LogP contribution in [0.1, 0.15) is 12.5 Å². The van der Waals surface area contributed by atoms with E-state index in [0.717, 1.165) is 17.0 Å². The van der Waals surface area contributed by atoms with Gasteiger partial charge >= 0.3 is 12.3 Å². The summed E-state index contributed by atoms with van der Waals surface area (Å²) in [5.41, 5.74) is 4.59. The second kappa shape index (κ2) is 4.08. The maximum atomic E-state index is 12.6. The number of rotatable bonds is 1. The molecule has 1 aliphatic rings. The lowest BCUT2D eigenvalue weighted by molar-refractivity contribution is -0.137. The average molecular weight is 260 g/mol. The van der Waals surface area contributed by atoms with Gasteiger partial charge in [-0.05, 0) is 25.1 Å². The van der Waals surface area contributed by atoms with Gasteiger partial charge in [-0.15, -0.1) is 0 Å². The lowest BCUT2D eigenvalue weighted by Gasteiger charge is -2.16. The molecule has 1 aromatic carbocycles. The van der Waals surface area contributed by atoms with Crippen LogP contribution >= 0.6 is 0 Å². The van der Waals surface area contributed by atoms with Crippen LogP contribution in [0.5, 0.6) is 0 Å². The minimum atomic E-state index is -4.50. The van der Waals surface area contributed by atoms with Crippen LogP contribution in [0, 0.1) is 0 Å². The Balaban J connectivity index is 2.40. The Morgan fingerprint density at radius 2 is 2.06 bits per heavy atom. The van der Waals surface area contributed by atoms with E-state index in [1.807, 2.05) is 0 Å². The normalized spacial score (nSPS) is 20.1. The molecule has 18 heavy (non-hydrogen) atoms. The van der Waals surface area contributed by atoms with E-state index in [1.54, 1.807) is 6.92 Å². The molecule has 7 heteroatoms. The molecule has 1 atom stereocenters. The van der Waals surface area contributed by atoms with Crippen molar-refractivity contribution >= 4 is 17.5 Å². The molecule has 0 bridgehead atoms. The zero-order valence-corrected chi connectivity index (χ0v) is 9.49. The van der Waals surface area contributed by atoms with Gasteiger partial charge in [0.2, 0.25) is 0 Å². The predicted molar refractivity (Wildman–Crippen MR) is 59.1 cm³/mol. The Kier molecular flexibility index (Phi) is 2.84. The van der Waals surface area contributed by atoms with Crippen molar-refractivity contribution in [2.75, 3.05) is 17.2 Å². The summed E-state index contributed by atoms with van der Waals surface area (Å²) in [4.78, 5) is 12.6. The van der Waals surface area contributed by atoms with Gasteiger partial charge in [-0.3, -0.25) is 4.90 Å². The third kappa shape index (κ3) is 2.34. The minimum Gasteiger partial charge on any atom is -0.444 e. The molecule has 0 aliphatic carbocycles. The third-order valence-electron chi connectivity index (χ3n) is 2.54. The van der Waals surface area contributed by atoms with E-state index in [1.165, 1.54) is 6.07 Å². The number of hydrogen-bond donors (Lipinski definition) is 1. The predicted octanol–water partition coefficient (Wildman–Crippen LogP) is 2.63. The lowest BCUT2D eigenvalue weighted by Crippen LogP contribution is -2.24. The number of ether oxygens (including phenoxy) is 1. The first kappa shape index (κ1) is 12.5. The third-order valence-corrected chi connectivity index (χ3v) is 2.54. The molecule has 1 heterocycles. The highest BCUT2D eigenvalue weighted by Gasteiger charge is 2.34. The van der Waals surface area contributed by atoms with Crippen molar-refractivity contribution in [3.8, 4) is 0 Å². The number of amides is 1. The Bertz CT molecular complexity index is 488. The Morgan fingerprint density at radius 1 is 1.39 bits per heavy atom. The van der Waals surface area contributed by atoms with Crippen LogP contribution in [0.2, 0.25) is 0 Å². The molecule has 0 aromatic heterocycles. The van der Waals surface area contributed by atoms with Crippen molar-refractivity contribution in [2.24, 2.45) is 0 Å². The molecule has 2 N–H and O–H groups in total. The summed E-state index contributed by atoms with van der Waals surface area (Å²) in [5.74, 6) is 0. The fourth-order valence-electron chi connectivity index (χ4n) is 1.77. The molecule has 0 spiro atoms. The van der Waals surface area contributed by atoms with Crippen molar-refractivity contribution in [2.45, 2.75) is 19.2 Å². The first-order valence-electron chi connectivity index (χ1n) is 5.23. The van der Waals surface area contributed by atoms with Gasteiger partial charge in [-0.1, -0.05) is 0 Å². The summed E-state index contributed by atoms with van der Waals surface area (Å²) in [5, 5.41) is 0. The topological polar surface area (TPSA) is 55.6 Å². The smallest absolute Gasteiger partial charge is 0.416 e. The molecular formula is C11H11F3N2O2. The molecule has 1 saturated heterocycles. The van der Waals surface area contributed by atoms with Gasteiger partial charge in [0.25, 0.3) is 0 Å². The molecule has 1 aliphatic heterocycles. The van der Waals surface area contributed by atoms with Crippen molar-refractivity contribution < 1.29 is 22.7 Å². The monoisotopic (exact) mass is 260 g/mol. The molecule has 1 amide bonds. The summed E-state index contributed by atoms with van der Waals surface area (Å²) >= 11 is 0. The Labute approximate surface area is 101 Å². The number of carbonyl (C=O) groups excluding carboxylic acids is 1. The quantitative estimate of drug-likeness (QED) is 0.790. The maximum Gasteiger partial charge on any atom is 0.416 e. The number of hydrogen-bond acceptors (Lipinski definition) is 3. The molecule has 0 radical (unpaired) electrons. The number of nitrogens with zero attached hydrogens (tertiary/aromatic N) is 1. The van der Waals surface area contributed by atoms with Gasteiger partial charge in [0.15, 0.2) is 0 Å². The van der Waals surface area contributed by atoms with E-state index in [0.29, 0.717) is 0 Å². The number of cyclic esters (lactones) is 1. The number of alkyl halides is 3. The highest BCUT2D eigenvalue weighted by Crippen LogP contribution is 2.34. The van der Waals surface area contributed by atoms with E-state index >= 15 is 0 Å². The van der Waals surface area contributed by atoms with Gasteiger partial charge in [0, 0.05) is 11.4 Å². The summed E-state index contributed by atoms with van der Waals surface area (Å²) in [6, 6.07) is 3.03. The number of halogens is 3. The zero-order valence-electron chi connectivity index (χ0n) is 9.49. The second-order valence-electron chi connectivity index (χ2n) is 4.12. The van der Waals surface area contributed by atoms with E-state index in [2.05, 4.69) is 0 Å². The standard InChI is InChI=1S/C11H11F3N2O2/c1-6-5-16(10(17)18-6)9-3-7(11(12,13)14)2-8(15)4-9/h2-4,6H,5,15H2,1H3. The Hall–Kier alpha value is -1.92. The van der Waals surface area contributed by atoms with E-state index in [4.69, 9.17) is 10.5 Å². The van der Waals surface area contributed by atoms with Crippen molar-refractivity contribution in [3.63, 3.8) is 0 Å². The van der Waals surface area contributed by atoms with Crippen LogP contribution in [0.25, 0.3) is 0 Å². The van der Waals surface area contributed by atoms with Crippen molar-refractivity contribution in [1.82, 2.24) is 0 Å². The fourth-order valence-corrected chi connectivity index (χ4v) is 1.77. The number of carbonyl (C=O) groups is 1. The molecular weight excluding hydrogens is 249 g/mol. The molecule has 4 nitrogen and oxygen atoms in total. The Morgan fingerprint density at radius 3 is 2.56 bits per heavy atom. The molecule has 98 valence electrons. The van der Waals surface area contributed by atoms with Crippen LogP contribution in [-0.4, -0.2) is 18.7 Å². The first-order chi connectivity index (χ1) is 8.27. The largest absolute Gasteiger partial charge is 0.444 e. The van der Waals surface area contributed by atoms with Crippen LogP contribution in [0.15, 0.2) is 18.2 Å². The SMILES string of the molecule is CC1CN(c2cc(N)cc(C(F)(F)F)c2)C(=O)O1. The van der Waals surface area contributed by atoms with Gasteiger partial charge in [0.05, 0.1) is 12.1 Å². The molecule has 0 saturated carbocycles. The first-order valence-corrected chi connectivity index (χ1v) is 5.23. The number of nitrogens with two attached hydrogens (primary N) is 1. The molecule has 2 rings (SSSR count). The van der Waals surface area contributed by atoms with Crippen LogP contribution in [0.4, 0.5) is 29.3 Å². The van der Waals surface area contributed by atoms with Gasteiger partial charge in [-0.2, -0.15) is 13.2 Å². The highest BCUT2D eigenvalue weighted by molar-refractivity contribution is 5.90. The maximum absolute atomic E-state index is 12.6. The van der Waals surface area contributed by atoms with E-state index in [9.17, 15) is 18.0 Å². The average Bonchev–Trinajstić information content (AvgIpc) is 2.55. The summed E-state index contributed by atoms with van der Waals surface area (Å²) in [6.07, 6.45) is -5.52. The second-order valence-corrected chi connectivity index (χ2v) is 4.12. The number of benzene rings is 1. The molecule has 1 fully saturated rings. The van der Waals surface area contributed by atoms with Crippen molar-refractivity contribution in [3.05, 3.63) is 23.8 Å². The molecule has 1 unspecified atom stereocenters. The lowest BCUT2D eigenvalue weighted by atomic mass is 10.1.